The second kappa shape index (κ2) is 6.76. The van der Waals surface area contributed by atoms with Crippen LogP contribution in [-0.2, 0) is 6.42 Å². The minimum atomic E-state index is -0.912. The quantitative estimate of drug-likeness (QED) is 0.744. The molecule has 1 aliphatic rings. The van der Waals surface area contributed by atoms with Gasteiger partial charge in [0.05, 0.1) is 31.0 Å². The van der Waals surface area contributed by atoms with E-state index in [1.54, 1.807) is 14.2 Å². The van der Waals surface area contributed by atoms with Gasteiger partial charge in [-0.05, 0) is 42.2 Å². The van der Waals surface area contributed by atoms with Crippen LogP contribution in [-0.4, -0.2) is 30.3 Å². The molecule has 0 aliphatic heterocycles. The summed E-state index contributed by atoms with van der Waals surface area (Å²) in [5.74, 6) is 0.396. The molecule has 5 heteroatoms. The maximum absolute atomic E-state index is 11.9. The number of nitrogens with zero attached hydrogens (tertiary/aromatic N) is 1. The van der Waals surface area contributed by atoms with Gasteiger partial charge < -0.3 is 14.6 Å². The number of carbonyl (C=O) groups is 1. The van der Waals surface area contributed by atoms with Crippen LogP contribution in [0.15, 0.2) is 42.5 Å². The van der Waals surface area contributed by atoms with E-state index in [0.717, 1.165) is 28.8 Å². The number of aromatic carboxylic acids is 1. The Hall–Kier alpha value is -3.34. The molecule has 1 aliphatic carbocycles. The van der Waals surface area contributed by atoms with Crippen molar-refractivity contribution in [2.75, 3.05) is 14.2 Å². The molecule has 136 valence electrons. The SMILES string of the molecule is COc1cccc(/C=C2/CCc3c2nc2ccccc2c3C(=O)O)c1OC. The van der Waals surface area contributed by atoms with Gasteiger partial charge >= 0.3 is 5.97 Å². The zero-order valence-electron chi connectivity index (χ0n) is 15.2. The predicted octanol–water partition coefficient (Wildman–Crippen LogP) is 4.44. The van der Waals surface area contributed by atoms with E-state index in [1.807, 2.05) is 48.5 Å². The summed E-state index contributed by atoms with van der Waals surface area (Å²) in [6.45, 7) is 0. The van der Waals surface area contributed by atoms with Crippen LogP contribution in [0.1, 0.15) is 33.6 Å². The van der Waals surface area contributed by atoms with Crippen molar-refractivity contribution in [1.29, 1.82) is 0 Å². The third-order valence-corrected chi connectivity index (χ3v) is 4.92. The van der Waals surface area contributed by atoms with Gasteiger partial charge in [0, 0.05) is 10.9 Å². The summed E-state index contributed by atoms with van der Waals surface area (Å²) in [5, 5.41) is 10.5. The third-order valence-electron chi connectivity index (χ3n) is 4.92. The van der Waals surface area contributed by atoms with Gasteiger partial charge in [-0.15, -0.1) is 0 Å². The summed E-state index contributed by atoms with van der Waals surface area (Å²) in [5.41, 5.74) is 4.50. The van der Waals surface area contributed by atoms with Crippen LogP contribution in [0.4, 0.5) is 0 Å². The summed E-state index contributed by atoms with van der Waals surface area (Å²) in [6, 6.07) is 13.1. The molecule has 0 saturated carbocycles. The van der Waals surface area contributed by atoms with Gasteiger partial charge in [0.25, 0.3) is 0 Å². The number of hydrogen-bond donors (Lipinski definition) is 1. The van der Waals surface area contributed by atoms with E-state index in [9.17, 15) is 9.90 Å². The van der Waals surface area contributed by atoms with Crippen LogP contribution in [0.3, 0.4) is 0 Å². The number of benzene rings is 2. The Morgan fingerprint density at radius 2 is 1.89 bits per heavy atom. The standard InChI is InChI=1S/C22H19NO4/c1-26-18-9-5-6-14(21(18)27-2)12-13-10-11-16-19(22(24)25)15-7-3-4-8-17(15)23-20(13)16/h3-9,12H,10-11H2,1-2H3,(H,24,25)/b13-12-. The summed E-state index contributed by atoms with van der Waals surface area (Å²) in [6.07, 6.45) is 3.41. The van der Waals surface area contributed by atoms with Crippen LogP contribution in [0, 0.1) is 0 Å². The average Bonchev–Trinajstić information content (AvgIpc) is 3.07. The van der Waals surface area contributed by atoms with Crippen LogP contribution in [0.25, 0.3) is 22.6 Å². The number of pyridine rings is 1. The lowest BCUT2D eigenvalue weighted by atomic mass is 10.0. The zero-order valence-corrected chi connectivity index (χ0v) is 15.2. The Bertz CT molecular complexity index is 1090. The summed E-state index contributed by atoms with van der Waals surface area (Å²) in [4.78, 5) is 16.7. The normalized spacial score (nSPS) is 14.4. The van der Waals surface area contributed by atoms with Crippen molar-refractivity contribution in [2.24, 2.45) is 0 Å². The van der Waals surface area contributed by atoms with Crippen LogP contribution in [0.2, 0.25) is 0 Å². The van der Waals surface area contributed by atoms with E-state index in [2.05, 4.69) is 0 Å². The van der Waals surface area contributed by atoms with Gasteiger partial charge in [0.2, 0.25) is 0 Å². The molecule has 4 rings (SSSR count). The highest BCUT2D eigenvalue weighted by molar-refractivity contribution is 6.06. The number of aromatic nitrogens is 1. The van der Waals surface area contributed by atoms with Gasteiger partial charge in [-0.3, -0.25) is 0 Å². The molecule has 1 heterocycles. The van der Waals surface area contributed by atoms with E-state index in [1.165, 1.54) is 0 Å². The first kappa shape index (κ1) is 17.1. The number of carboxylic acids is 1. The van der Waals surface area contributed by atoms with E-state index >= 15 is 0 Å². The Morgan fingerprint density at radius 1 is 1.07 bits per heavy atom. The van der Waals surface area contributed by atoms with Gasteiger partial charge in [0.1, 0.15) is 0 Å². The van der Waals surface area contributed by atoms with Gasteiger partial charge in [0.15, 0.2) is 11.5 Å². The molecule has 3 aromatic rings. The topological polar surface area (TPSA) is 68.7 Å². The Morgan fingerprint density at radius 3 is 2.63 bits per heavy atom. The van der Waals surface area contributed by atoms with E-state index in [4.69, 9.17) is 14.5 Å². The van der Waals surface area contributed by atoms with Crippen molar-refractivity contribution >= 4 is 28.5 Å². The van der Waals surface area contributed by atoms with Crippen molar-refractivity contribution in [3.8, 4) is 11.5 Å². The lowest BCUT2D eigenvalue weighted by Crippen LogP contribution is -2.05. The largest absolute Gasteiger partial charge is 0.493 e. The fourth-order valence-corrected chi connectivity index (χ4v) is 3.74. The molecule has 0 bridgehead atoms. The minimum Gasteiger partial charge on any atom is -0.493 e. The maximum Gasteiger partial charge on any atom is 0.336 e. The molecule has 27 heavy (non-hydrogen) atoms. The van der Waals surface area contributed by atoms with Crippen molar-refractivity contribution in [3.63, 3.8) is 0 Å². The Balaban J connectivity index is 1.92. The molecule has 1 aromatic heterocycles. The first-order valence-electron chi connectivity index (χ1n) is 8.71. The second-order valence-electron chi connectivity index (χ2n) is 6.39. The number of ether oxygens (including phenoxy) is 2. The number of allylic oxidation sites excluding steroid dienone is 1. The Kier molecular flexibility index (Phi) is 4.28. The molecule has 0 radical (unpaired) electrons. The number of fused-ring (bicyclic) bond motifs is 2. The summed E-state index contributed by atoms with van der Waals surface area (Å²) in [7, 11) is 3.21. The molecule has 0 unspecified atom stereocenters. The molecule has 5 nitrogen and oxygen atoms in total. The molecule has 0 spiro atoms. The van der Waals surface area contributed by atoms with Gasteiger partial charge in [-0.1, -0.05) is 30.3 Å². The molecular formula is C22H19NO4. The smallest absolute Gasteiger partial charge is 0.336 e. The van der Waals surface area contributed by atoms with Crippen molar-refractivity contribution < 1.29 is 19.4 Å². The molecule has 1 N–H and O–H groups in total. The highest BCUT2D eigenvalue weighted by atomic mass is 16.5. The van der Waals surface area contributed by atoms with Crippen molar-refractivity contribution in [2.45, 2.75) is 12.8 Å². The third kappa shape index (κ3) is 2.81. The van der Waals surface area contributed by atoms with E-state index in [0.29, 0.717) is 34.4 Å². The summed E-state index contributed by atoms with van der Waals surface area (Å²) < 4.78 is 10.9. The molecule has 2 aromatic carbocycles. The average molecular weight is 361 g/mol. The van der Waals surface area contributed by atoms with Crippen LogP contribution in [0.5, 0.6) is 11.5 Å². The predicted molar refractivity (Wildman–Crippen MR) is 104 cm³/mol. The maximum atomic E-state index is 11.9. The highest BCUT2D eigenvalue weighted by Gasteiger charge is 2.26. The molecular weight excluding hydrogens is 342 g/mol. The summed E-state index contributed by atoms with van der Waals surface area (Å²) >= 11 is 0. The highest BCUT2D eigenvalue weighted by Crippen LogP contribution is 2.40. The van der Waals surface area contributed by atoms with Crippen LogP contribution < -0.4 is 9.47 Å². The van der Waals surface area contributed by atoms with E-state index in [-0.39, 0.29) is 0 Å². The molecule has 0 amide bonds. The Labute approximate surface area is 156 Å². The molecule has 0 fully saturated rings. The van der Waals surface area contributed by atoms with Gasteiger partial charge in [-0.2, -0.15) is 0 Å². The molecule has 0 saturated heterocycles. The first-order chi connectivity index (χ1) is 13.1. The monoisotopic (exact) mass is 361 g/mol. The number of hydrogen-bond acceptors (Lipinski definition) is 4. The van der Waals surface area contributed by atoms with Crippen molar-refractivity contribution in [3.05, 3.63) is 64.8 Å². The van der Waals surface area contributed by atoms with Crippen molar-refractivity contribution in [1.82, 2.24) is 4.98 Å². The fraction of sp³-hybridized carbons (Fsp3) is 0.182. The minimum absolute atomic E-state index is 0.358. The number of carboxylic acid groups (broad SMARTS) is 1. The van der Waals surface area contributed by atoms with E-state index < -0.39 is 5.97 Å². The first-order valence-corrected chi connectivity index (χ1v) is 8.71. The number of rotatable bonds is 4. The lowest BCUT2D eigenvalue weighted by molar-refractivity contribution is 0.0698. The molecule has 0 atom stereocenters. The fourth-order valence-electron chi connectivity index (χ4n) is 3.74. The number of methoxy groups -OCH3 is 2. The van der Waals surface area contributed by atoms with Gasteiger partial charge in [-0.25, -0.2) is 9.78 Å². The lowest BCUT2D eigenvalue weighted by Gasteiger charge is -2.11. The van der Waals surface area contributed by atoms with Crippen LogP contribution >= 0.6 is 0 Å². The second-order valence-corrected chi connectivity index (χ2v) is 6.39. The number of para-hydroxylation sites is 2. The zero-order chi connectivity index (χ0) is 19.0.